The molecule has 3 aliphatic heterocycles. The maximum absolute atomic E-state index is 13.7. The van der Waals surface area contributed by atoms with Crippen LogP contribution in [0.5, 0.6) is 11.5 Å². The Morgan fingerprint density at radius 1 is 1.06 bits per heavy atom. The number of hydrogen-bond donors (Lipinski definition) is 0. The summed E-state index contributed by atoms with van der Waals surface area (Å²) in [5.41, 5.74) is 2.50. The number of amides is 1. The molecular formula is C23H32N2O5S. The molecule has 0 aromatic heterocycles. The van der Waals surface area contributed by atoms with Gasteiger partial charge in [-0.15, -0.1) is 0 Å². The van der Waals surface area contributed by atoms with E-state index in [2.05, 4.69) is 24.0 Å². The first-order valence-corrected chi connectivity index (χ1v) is 13.3. The van der Waals surface area contributed by atoms with Crippen LogP contribution in [-0.4, -0.2) is 62.6 Å². The first-order chi connectivity index (χ1) is 14.8. The summed E-state index contributed by atoms with van der Waals surface area (Å²) in [6.07, 6.45) is 6.96. The summed E-state index contributed by atoms with van der Waals surface area (Å²) in [7, 11) is -3.20. The minimum Gasteiger partial charge on any atom is -0.486 e. The number of ether oxygens (including phenoxy) is 2. The Balaban J connectivity index is 1.44. The summed E-state index contributed by atoms with van der Waals surface area (Å²) in [6.45, 7) is 4.83. The molecule has 8 heteroatoms. The Morgan fingerprint density at radius 3 is 2.29 bits per heavy atom. The Morgan fingerprint density at radius 2 is 1.68 bits per heavy atom. The van der Waals surface area contributed by atoms with Crippen LogP contribution in [0.25, 0.3) is 0 Å². The molecule has 31 heavy (non-hydrogen) atoms. The summed E-state index contributed by atoms with van der Waals surface area (Å²) in [4.78, 5) is 15.7. The molecule has 0 bridgehead atoms. The lowest BCUT2D eigenvalue weighted by atomic mass is 9.71. The standard InChI is InChI=1S/C23H32N2O5S/c1-16-18-13-20-21(30-12-11-29-20)14-19(18)23(7-3-4-8-23)15-25(16)22(26)17-5-9-24(10-6-17)31(2,27)28/h13-14,16-17H,3-12,15H2,1-2H3. The minimum atomic E-state index is -3.20. The summed E-state index contributed by atoms with van der Waals surface area (Å²) < 4.78 is 36.9. The fraction of sp³-hybridized carbons (Fsp3) is 0.696. The topological polar surface area (TPSA) is 76.2 Å². The second-order valence-electron chi connectivity index (χ2n) is 9.65. The van der Waals surface area contributed by atoms with Gasteiger partial charge in [-0.05, 0) is 55.9 Å². The smallest absolute Gasteiger partial charge is 0.226 e. The van der Waals surface area contributed by atoms with Gasteiger partial charge in [0.15, 0.2) is 11.5 Å². The van der Waals surface area contributed by atoms with Crippen LogP contribution in [-0.2, 0) is 20.2 Å². The SMILES string of the molecule is CC1c2cc3c(cc2C2(CCCC2)CN1C(=O)C1CCN(S(C)(=O)=O)CC1)OCCO3. The average Bonchev–Trinajstić information content (AvgIpc) is 3.24. The number of sulfonamides is 1. The van der Waals surface area contributed by atoms with Gasteiger partial charge in [0.2, 0.25) is 15.9 Å². The molecular weight excluding hydrogens is 416 g/mol. The van der Waals surface area contributed by atoms with Crippen molar-refractivity contribution in [3.05, 3.63) is 23.3 Å². The molecule has 1 saturated heterocycles. The molecule has 170 valence electrons. The summed E-state index contributed by atoms with van der Waals surface area (Å²) >= 11 is 0. The van der Waals surface area contributed by atoms with Gasteiger partial charge in [-0.3, -0.25) is 4.79 Å². The Kier molecular flexibility index (Phi) is 5.20. The molecule has 1 saturated carbocycles. The second-order valence-corrected chi connectivity index (χ2v) is 11.6. The van der Waals surface area contributed by atoms with E-state index >= 15 is 0 Å². The zero-order valence-electron chi connectivity index (χ0n) is 18.4. The van der Waals surface area contributed by atoms with Crippen molar-refractivity contribution >= 4 is 15.9 Å². The molecule has 1 amide bonds. The lowest BCUT2D eigenvalue weighted by Gasteiger charge is -2.47. The molecule has 4 aliphatic rings. The molecule has 3 heterocycles. The zero-order chi connectivity index (χ0) is 21.8. The van der Waals surface area contributed by atoms with E-state index in [1.165, 1.54) is 34.5 Å². The lowest BCUT2D eigenvalue weighted by Crippen LogP contribution is -2.52. The monoisotopic (exact) mass is 448 g/mol. The Labute approximate surface area is 184 Å². The fourth-order valence-electron chi connectivity index (χ4n) is 6.04. The van der Waals surface area contributed by atoms with E-state index < -0.39 is 10.0 Å². The molecule has 1 aliphatic carbocycles. The van der Waals surface area contributed by atoms with Crippen molar-refractivity contribution in [2.75, 3.05) is 39.1 Å². The van der Waals surface area contributed by atoms with Crippen molar-refractivity contribution in [3.8, 4) is 11.5 Å². The van der Waals surface area contributed by atoms with E-state index in [9.17, 15) is 13.2 Å². The third kappa shape index (κ3) is 3.61. The quantitative estimate of drug-likeness (QED) is 0.695. The van der Waals surface area contributed by atoms with E-state index in [-0.39, 0.29) is 23.3 Å². The van der Waals surface area contributed by atoms with Crippen LogP contribution < -0.4 is 9.47 Å². The maximum atomic E-state index is 13.7. The highest BCUT2D eigenvalue weighted by Crippen LogP contribution is 2.52. The molecule has 2 fully saturated rings. The van der Waals surface area contributed by atoms with Gasteiger partial charge < -0.3 is 14.4 Å². The van der Waals surface area contributed by atoms with Gasteiger partial charge in [-0.1, -0.05) is 12.8 Å². The average molecular weight is 449 g/mol. The number of piperidine rings is 1. The number of hydrogen-bond acceptors (Lipinski definition) is 5. The van der Waals surface area contributed by atoms with Crippen molar-refractivity contribution in [2.45, 2.75) is 56.9 Å². The molecule has 5 rings (SSSR count). The maximum Gasteiger partial charge on any atom is 0.226 e. The van der Waals surface area contributed by atoms with Gasteiger partial charge in [0, 0.05) is 31.0 Å². The number of nitrogens with zero attached hydrogens (tertiary/aromatic N) is 2. The third-order valence-electron chi connectivity index (χ3n) is 7.79. The molecule has 1 aromatic rings. The van der Waals surface area contributed by atoms with Gasteiger partial charge in [0.1, 0.15) is 13.2 Å². The number of benzene rings is 1. The number of carbonyl (C=O) groups is 1. The van der Waals surface area contributed by atoms with Crippen LogP contribution in [0.1, 0.15) is 62.6 Å². The Bertz CT molecular complexity index is 978. The molecule has 1 spiro atoms. The van der Waals surface area contributed by atoms with Crippen LogP contribution in [0, 0.1) is 5.92 Å². The first kappa shape index (κ1) is 21.1. The molecule has 1 aromatic carbocycles. The molecule has 0 N–H and O–H groups in total. The molecule has 0 radical (unpaired) electrons. The van der Waals surface area contributed by atoms with Crippen molar-refractivity contribution < 1.29 is 22.7 Å². The normalized spacial score (nSPS) is 26.1. The van der Waals surface area contributed by atoms with E-state index in [1.54, 1.807) is 0 Å². The Hall–Kier alpha value is -1.80. The van der Waals surface area contributed by atoms with Gasteiger partial charge in [-0.25, -0.2) is 12.7 Å². The van der Waals surface area contributed by atoms with Crippen molar-refractivity contribution in [3.63, 3.8) is 0 Å². The minimum absolute atomic E-state index is 0.0131. The largest absolute Gasteiger partial charge is 0.486 e. The summed E-state index contributed by atoms with van der Waals surface area (Å²) in [6, 6.07) is 4.25. The van der Waals surface area contributed by atoms with E-state index in [4.69, 9.17) is 9.47 Å². The van der Waals surface area contributed by atoms with Gasteiger partial charge in [0.05, 0.1) is 12.3 Å². The van der Waals surface area contributed by atoms with Crippen LogP contribution in [0.15, 0.2) is 12.1 Å². The molecule has 7 nitrogen and oxygen atoms in total. The predicted molar refractivity (Wildman–Crippen MR) is 117 cm³/mol. The van der Waals surface area contributed by atoms with Crippen LogP contribution in [0.2, 0.25) is 0 Å². The third-order valence-corrected chi connectivity index (χ3v) is 9.10. The van der Waals surface area contributed by atoms with Crippen molar-refractivity contribution in [1.82, 2.24) is 9.21 Å². The highest BCUT2D eigenvalue weighted by Gasteiger charge is 2.47. The zero-order valence-corrected chi connectivity index (χ0v) is 19.2. The van der Waals surface area contributed by atoms with Crippen molar-refractivity contribution in [2.24, 2.45) is 5.92 Å². The van der Waals surface area contributed by atoms with E-state index in [1.807, 2.05) is 0 Å². The van der Waals surface area contributed by atoms with E-state index in [0.29, 0.717) is 39.1 Å². The fourth-order valence-corrected chi connectivity index (χ4v) is 6.92. The van der Waals surface area contributed by atoms with Gasteiger partial charge in [0.25, 0.3) is 0 Å². The molecule has 1 atom stereocenters. The number of carbonyl (C=O) groups excluding carboxylic acids is 1. The highest BCUT2D eigenvalue weighted by molar-refractivity contribution is 7.88. The van der Waals surface area contributed by atoms with Crippen LogP contribution in [0.3, 0.4) is 0 Å². The first-order valence-electron chi connectivity index (χ1n) is 11.5. The van der Waals surface area contributed by atoms with Crippen LogP contribution in [0.4, 0.5) is 0 Å². The highest BCUT2D eigenvalue weighted by atomic mass is 32.2. The summed E-state index contributed by atoms with van der Waals surface area (Å²) in [5, 5.41) is 0. The van der Waals surface area contributed by atoms with Crippen LogP contribution >= 0.6 is 0 Å². The van der Waals surface area contributed by atoms with Crippen molar-refractivity contribution in [1.29, 1.82) is 0 Å². The summed E-state index contributed by atoms with van der Waals surface area (Å²) in [5.74, 6) is 1.67. The molecule has 1 unspecified atom stereocenters. The number of fused-ring (bicyclic) bond motifs is 3. The van der Waals surface area contributed by atoms with Gasteiger partial charge in [-0.2, -0.15) is 0 Å². The second kappa shape index (κ2) is 7.66. The predicted octanol–water partition coefficient (Wildman–Crippen LogP) is 2.84. The number of rotatable bonds is 2. The van der Waals surface area contributed by atoms with E-state index in [0.717, 1.165) is 30.9 Å². The lowest BCUT2D eigenvalue weighted by molar-refractivity contribution is -0.140. The van der Waals surface area contributed by atoms with Gasteiger partial charge >= 0.3 is 0 Å².